The zero-order chi connectivity index (χ0) is 15.1. The lowest BCUT2D eigenvalue weighted by Gasteiger charge is -2.10. The van der Waals surface area contributed by atoms with Gasteiger partial charge in [-0.15, -0.1) is 0 Å². The molecule has 0 aliphatic carbocycles. The molecule has 6 heteroatoms. The van der Waals surface area contributed by atoms with Gasteiger partial charge in [0, 0.05) is 30.2 Å². The summed E-state index contributed by atoms with van der Waals surface area (Å²) < 4.78 is 4.74. The molecule has 20 heavy (non-hydrogen) atoms. The third-order valence-corrected chi connectivity index (χ3v) is 3.37. The highest BCUT2D eigenvalue weighted by Crippen LogP contribution is 2.28. The smallest absolute Gasteiger partial charge is 0.380 e. The molecule has 0 atom stereocenters. The van der Waals surface area contributed by atoms with Gasteiger partial charge in [0.2, 0.25) is 0 Å². The van der Waals surface area contributed by atoms with Gasteiger partial charge in [-0.25, -0.2) is 4.79 Å². The summed E-state index contributed by atoms with van der Waals surface area (Å²) in [6.45, 7) is 1.83. The van der Waals surface area contributed by atoms with Crippen LogP contribution in [0.5, 0.6) is 0 Å². The molecule has 0 saturated carbocycles. The summed E-state index contributed by atoms with van der Waals surface area (Å²) in [7, 11) is 3.56. The van der Waals surface area contributed by atoms with Crippen LogP contribution >= 0.6 is 23.4 Å². The minimum Gasteiger partial charge on any atom is -0.460 e. The van der Waals surface area contributed by atoms with Crippen molar-refractivity contribution in [1.29, 1.82) is 0 Å². The van der Waals surface area contributed by atoms with Gasteiger partial charge < -0.3 is 9.64 Å². The van der Waals surface area contributed by atoms with Crippen LogP contribution in [0.3, 0.4) is 0 Å². The summed E-state index contributed by atoms with van der Waals surface area (Å²) in [6, 6.07) is 7.03. The van der Waals surface area contributed by atoms with Gasteiger partial charge in [-0.3, -0.25) is 4.79 Å². The van der Waals surface area contributed by atoms with Gasteiger partial charge in [-0.05, 0) is 31.2 Å². The summed E-state index contributed by atoms with van der Waals surface area (Å²) in [5.74, 6) is -1.50. The van der Waals surface area contributed by atoms with Crippen LogP contribution in [0.4, 0.5) is 0 Å². The van der Waals surface area contributed by atoms with E-state index in [-0.39, 0.29) is 6.61 Å². The third kappa shape index (κ3) is 5.27. The number of benzene rings is 1. The van der Waals surface area contributed by atoms with E-state index < -0.39 is 11.8 Å². The Bertz CT molecular complexity index is 512. The first-order valence-corrected chi connectivity index (χ1v) is 7.16. The quantitative estimate of drug-likeness (QED) is 0.350. The average Bonchev–Trinajstić information content (AvgIpc) is 2.39. The molecule has 0 unspecified atom stereocenters. The predicted molar refractivity (Wildman–Crippen MR) is 80.7 cm³/mol. The fourth-order valence-corrected chi connectivity index (χ4v) is 2.38. The number of thioether (sulfide) groups is 1. The number of halogens is 1. The molecule has 0 saturated heterocycles. The first-order chi connectivity index (χ1) is 9.43. The molecule has 0 bridgehead atoms. The zero-order valence-corrected chi connectivity index (χ0v) is 13.1. The number of hydrogen-bond donors (Lipinski definition) is 0. The molecule has 1 aromatic rings. The van der Waals surface area contributed by atoms with Crippen molar-refractivity contribution in [3.8, 4) is 0 Å². The number of nitrogens with zero attached hydrogens (tertiary/aromatic N) is 1. The number of rotatable bonds is 6. The second-order valence-corrected chi connectivity index (χ2v) is 5.61. The van der Waals surface area contributed by atoms with Crippen LogP contribution in [0.15, 0.2) is 40.3 Å². The molecule has 0 heterocycles. The minimum absolute atomic E-state index is 0.172. The molecule has 1 aromatic carbocycles. The largest absolute Gasteiger partial charge is 0.460 e. The molecule has 108 valence electrons. The highest BCUT2D eigenvalue weighted by molar-refractivity contribution is 8.04. The van der Waals surface area contributed by atoms with E-state index >= 15 is 0 Å². The van der Waals surface area contributed by atoms with Crippen LogP contribution in [0, 0.1) is 0 Å². The maximum absolute atomic E-state index is 12.0. The highest BCUT2D eigenvalue weighted by Gasteiger charge is 2.21. The predicted octanol–water partition coefficient (Wildman–Crippen LogP) is 2.97. The van der Waals surface area contributed by atoms with Crippen molar-refractivity contribution in [2.75, 3.05) is 20.7 Å². The van der Waals surface area contributed by atoms with Gasteiger partial charge >= 0.3 is 5.97 Å². The van der Waals surface area contributed by atoms with Crippen molar-refractivity contribution in [2.24, 2.45) is 0 Å². The van der Waals surface area contributed by atoms with Crippen molar-refractivity contribution in [2.45, 2.75) is 11.8 Å². The molecular formula is C14H16ClNO3S. The highest BCUT2D eigenvalue weighted by atomic mass is 35.5. The lowest BCUT2D eigenvalue weighted by Crippen LogP contribution is -2.19. The molecule has 0 fully saturated rings. The topological polar surface area (TPSA) is 46.6 Å². The Morgan fingerprint density at radius 3 is 2.40 bits per heavy atom. The summed E-state index contributed by atoms with van der Waals surface area (Å²) in [5, 5.41) is 0.615. The molecule has 1 rings (SSSR count). The number of carbonyl (C=O) groups excluding carboxylic acids is 2. The van der Waals surface area contributed by atoms with Crippen molar-refractivity contribution in [1.82, 2.24) is 4.90 Å². The van der Waals surface area contributed by atoms with E-state index in [9.17, 15) is 9.59 Å². The van der Waals surface area contributed by atoms with E-state index in [0.717, 1.165) is 4.90 Å². The SMILES string of the molecule is CCOC(=O)C(=O)C(=CN(C)C)Sc1ccc(Cl)cc1. The van der Waals surface area contributed by atoms with Crippen LogP contribution < -0.4 is 0 Å². The molecule has 0 aromatic heterocycles. The van der Waals surface area contributed by atoms with Gasteiger partial charge in [0.05, 0.1) is 11.5 Å². The molecule has 0 amide bonds. The Morgan fingerprint density at radius 2 is 1.90 bits per heavy atom. The van der Waals surface area contributed by atoms with Crippen molar-refractivity contribution in [3.63, 3.8) is 0 Å². The number of esters is 1. The van der Waals surface area contributed by atoms with E-state index in [4.69, 9.17) is 16.3 Å². The number of ether oxygens (including phenoxy) is 1. The number of hydrogen-bond acceptors (Lipinski definition) is 5. The second kappa shape index (κ2) is 7.97. The normalized spacial score (nSPS) is 11.1. The van der Waals surface area contributed by atoms with E-state index in [1.165, 1.54) is 11.8 Å². The Hall–Kier alpha value is -1.46. The Labute approximate surface area is 127 Å². The number of Topliss-reactive ketones (excluding diaryl/α,β-unsaturated/α-hetero) is 1. The first kappa shape index (κ1) is 16.6. The maximum atomic E-state index is 12.0. The maximum Gasteiger partial charge on any atom is 0.380 e. The fourth-order valence-electron chi connectivity index (χ4n) is 1.29. The van der Waals surface area contributed by atoms with Crippen molar-refractivity contribution < 1.29 is 14.3 Å². The van der Waals surface area contributed by atoms with Gasteiger partial charge in [0.1, 0.15) is 0 Å². The monoisotopic (exact) mass is 313 g/mol. The summed E-state index contributed by atoms with van der Waals surface area (Å²) in [5.41, 5.74) is 0. The number of carbonyl (C=O) groups is 2. The lowest BCUT2D eigenvalue weighted by molar-refractivity contribution is -0.151. The van der Waals surface area contributed by atoms with Crippen molar-refractivity contribution >= 4 is 35.1 Å². The fraction of sp³-hybridized carbons (Fsp3) is 0.286. The first-order valence-electron chi connectivity index (χ1n) is 5.97. The van der Waals surface area contributed by atoms with Crippen LogP contribution in [0.2, 0.25) is 5.02 Å². The van der Waals surface area contributed by atoms with Crippen LogP contribution in [0.1, 0.15) is 6.92 Å². The minimum atomic E-state index is -0.845. The summed E-state index contributed by atoms with van der Waals surface area (Å²) >= 11 is 7.01. The lowest BCUT2D eigenvalue weighted by atomic mass is 10.3. The van der Waals surface area contributed by atoms with Crippen LogP contribution in [-0.4, -0.2) is 37.4 Å². The molecule has 0 N–H and O–H groups in total. The van der Waals surface area contributed by atoms with E-state index in [0.29, 0.717) is 9.93 Å². The summed E-state index contributed by atoms with van der Waals surface area (Å²) in [6.07, 6.45) is 1.60. The van der Waals surface area contributed by atoms with E-state index in [2.05, 4.69) is 0 Å². The van der Waals surface area contributed by atoms with Crippen LogP contribution in [-0.2, 0) is 14.3 Å². The standard InChI is InChI=1S/C14H16ClNO3S/c1-4-19-14(18)13(17)12(9-16(2)3)20-11-7-5-10(15)6-8-11/h5-9H,4H2,1-3H3. The second-order valence-electron chi connectivity index (χ2n) is 4.06. The molecule has 0 aliphatic rings. The Kier molecular flexibility index (Phi) is 6.61. The van der Waals surface area contributed by atoms with Crippen molar-refractivity contribution in [3.05, 3.63) is 40.4 Å². The van der Waals surface area contributed by atoms with Gasteiger partial charge in [0.25, 0.3) is 5.78 Å². The molecule has 0 aliphatic heterocycles. The number of ketones is 1. The van der Waals surface area contributed by atoms with E-state index in [1.54, 1.807) is 56.4 Å². The average molecular weight is 314 g/mol. The van der Waals surface area contributed by atoms with Crippen LogP contribution in [0.25, 0.3) is 0 Å². The van der Waals surface area contributed by atoms with Gasteiger partial charge in [-0.1, -0.05) is 23.4 Å². The van der Waals surface area contributed by atoms with Gasteiger partial charge in [-0.2, -0.15) is 0 Å². The Morgan fingerprint density at radius 1 is 1.30 bits per heavy atom. The van der Waals surface area contributed by atoms with Gasteiger partial charge in [0.15, 0.2) is 0 Å². The molecule has 4 nitrogen and oxygen atoms in total. The zero-order valence-electron chi connectivity index (χ0n) is 11.6. The molecule has 0 spiro atoms. The third-order valence-electron chi connectivity index (χ3n) is 2.10. The molecular weight excluding hydrogens is 298 g/mol. The Balaban J connectivity index is 2.93. The summed E-state index contributed by atoms with van der Waals surface area (Å²) in [4.78, 5) is 26.4. The molecule has 0 radical (unpaired) electrons. The van der Waals surface area contributed by atoms with E-state index in [1.807, 2.05) is 0 Å².